The third kappa shape index (κ3) is 3.09. The number of hydrogen-bond acceptors (Lipinski definition) is 3. The minimum atomic E-state index is -0.108. The maximum Gasteiger partial charge on any atom is 0.258 e. The summed E-state index contributed by atoms with van der Waals surface area (Å²) in [4.78, 5) is 12.1. The van der Waals surface area contributed by atoms with Gasteiger partial charge in [-0.2, -0.15) is 5.26 Å². The molecule has 0 heterocycles. The van der Waals surface area contributed by atoms with E-state index in [1.807, 2.05) is 0 Å². The van der Waals surface area contributed by atoms with Crippen molar-refractivity contribution in [2.24, 2.45) is 17.8 Å². The fourth-order valence-corrected chi connectivity index (χ4v) is 4.14. The zero-order chi connectivity index (χ0) is 15.5. The number of carbonyl (C=O) groups excluding carboxylic acids is 1. The van der Waals surface area contributed by atoms with Crippen molar-refractivity contribution in [1.29, 1.82) is 5.26 Å². The highest BCUT2D eigenvalue weighted by Gasteiger charge is 2.42. The van der Waals surface area contributed by atoms with Crippen LogP contribution in [0.25, 0.3) is 0 Å². The normalized spacial score (nSPS) is 27.2. The molecule has 0 radical (unpaired) electrons. The van der Waals surface area contributed by atoms with Crippen molar-refractivity contribution in [3.05, 3.63) is 29.8 Å². The third-order valence-electron chi connectivity index (χ3n) is 5.19. The number of rotatable bonds is 5. The fourth-order valence-electron chi connectivity index (χ4n) is 4.14. The Labute approximate surface area is 131 Å². The molecule has 116 valence electrons. The van der Waals surface area contributed by atoms with Crippen LogP contribution in [0.5, 0.6) is 5.75 Å². The molecule has 4 atom stereocenters. The lowest BCUT2D eigenvalue weighted by Gasteiger charge is -2.28. The molecule has 0 aromatic heterocycles. The van der Waals surface area contributed by atoms with Crippen molar-refractivity contribution in [2.75, 3.05) is 6.61 Å². The molecular weight excluding hydrogens is 276 g/mol. The summed E-state index contributed by atoms with van der Waals surface area (Å²) in [5.41, 5.74) is 0.455. The third-order valence-corrected chi connectivity index (χ3v) is 5.19. The Morgan fingerprint density at radius 1 is 1.41 bits per heavy atom. The van der Waals surface area contributed by atoms with Gasteiger partial charge in [0.05, 0.1) is 5.56 Å². The lowest BCUT2D eigenvalue weighted by atomic mass is 9.84. The summed E-state index contributed by atoms with van der Waals surface area (Å²) >= 11 is 0. The molecule has 22 heavy (non-hydrogen) atoms. The Morgan fingerprint density at radius 3 is 2.91 bits per heavy atom. The van der Waals surface area contributed by atoms with E-state index < -0.39 is 0 Å². The first-order chi connectivity index (χ1) is 10.7. The van der Waals surface area contributed by atoms with Gasteiger partial charge in [-0.3, -0.25) is 4.79 Å². The Hall–Kier alpha value is -2.02. The number of benzene rings is 1. The van der Waals surface area contributed by atoms with Crippen LogP contribution in [0.4, 0.5) is 0 Å². The molecule has 1 N–H and O–H groups in total. The minimum Gasteiger partial charge on any atom is -0.482 e. The number of nitrogens with one attached hydrogen (secondary N) is 1. The molecule has 3 rings (SSSR count). The fraction of sp³-hybridized carbons (Fsp3) is 0.556. The summed E-state index contributed by atoms with van der Waals surface area (Å²) in [6.07, 6.45) is 5.29. The molecule has 0 spiro atoms. The molecule has 0 aliphatic heterocycles. The van der Waals surface area contributed by atoms with Crippen LogP contribution in [0.1, 0.15) is 38.2 Å². The summed E-state index contributed by atoms with van der Waals surface area (Å²) in [6.45, 7) is 2.07. The number of nitriles is 1. The highest BCUT2D eigenvalue weighted by molar-refractivity contribution is 5.77. The van der Waals surface area contributed by atoms with Crippen LogP contribution in [0.2, 0.25) is 0 Å². The lowest BCUT2D eigenvalue weighted by Crippen LogP contribution is -2.42. The van der Waals surface area contributed by atoms with Crippen LogP contribution in [-0.4, -0.2) is 18.6 Å². The maximum atomic E-state index is 12.1. The average Bonchev–Trinajstić information content (AvgIpc) is 3.16. The average molecular weight is 298 g/mol. The van der Waals surface area contributed by atoms with Crippen molar-refractivity contribution in [3.63, 3.8) is 0 Å². The van der Waals surface area contributed by atoms with E-state index in [4.69, 9.17) is 10.00 Å². The SMILES string of the molecule is CC(NC(=O)COc1ccccc1C#N)C1CC2CCC1C2. The lowest BCUT2D eigenvalue weighted by molar-refractivity contribution is -0.124. The van der Waals surface area contributed by atoms with E-state index in [0.29, 0.717) is 17.2 Å². The summed E-state index contributed by atoms with van der Waals surface area (Å²) in [5.74, 6) is 2.65. The number of hydrogen-bond donors (Lipinski definition) is 1. The van der Waals surface area contributed by atoms with Crippen molar-refractivity contribution < 1.29 is 9.53 Å². The number of para-hydroxylation sites is 1. The van der Waals surface area contributed by atoms with Crippen LogP contribution in [0, 0.1) is 29.1 Å². The number of ether oxygens (including phenoxy) is 1. The topological polar surface area (TPSA) is 62.1 Å². The van der Waals surface area contributed by atoms with Crippen molar-refractivity contribution >= 4 is 5.91 Å². The van der Waals surface area contributed by atoms with Gasteiger partial charge in [-0.1, -0.05) is 18.6 Å². The van der Waals surface area contributed by atoms with Crippen molar-refractivity contribution in [2.45, 2.75) is 38.6 Å². The van der Waals surface area contributed by atoms with Gasteiger partial charge in [0.25, 0.3) is 5.91 Å². The van der Waals surface area contributed by atoms with Gasteiger partial charge in [-0.25, -0.2) is 0 Å². The summed E-state index contributed by atoms with van der Waals surface area (Å²) < 4.78 is 5.48. The van der Waals surface area contributed by atoms with Crippen LogP contribution in [0.15, 0.2) is 24.3 Å². The van der Waals surface area contributed by atoms with Gasteiger partial charge in [0.2, 0.25) is 0 Å². The monoisotopic (exact) mass is 298 g/mol. The molecule has 2 aliphatic rings. The van der Waals surface area contributed by atoms with Gasteiger partial charge in [-0.15, -0.1) is 0 Å². The Balaban J connectivity index is 1.49. The minimum absolute atomic E-state index is 0.0378. The Bertz CT molecular complexity index is 593. The first-order valence-corrected chi connectivity index (χ1v) is 8.08. The highest BCUT2D eigenvalue weighted by Crippen LogP contribution is 2.49. The summed E-state index contributed by atoms with van der Waals surface area (Å²) in [7, 11) is 0. The molecule has 1 aromatic rings. The number of amides is 1. The molecule has 2 bridgehead atoms. The summed E-state index contributed by atoms with van der Waals surface area (Å²) in [6, 6.07) is 9.25. The van der Waals surface area contributed by atoms with E-state index in [9.17, 15) is 4.79 Å². The second-order valence-corrected chi connectivity index (χ2v) is 6.59. The van der Waals surface area contributed by atoms with Gasteiger partial charge >= 0.3 is 0 Å². The Kier molecular flexibility index (Phi) is 4.33. The van der Waals surface area contributed by atoms with Crippen molar-refractivity contribution in [3.8, 4) is 11.8 Å². The van der Waals surface area contributed by atoms with Crippen LogP contribution < -0.4 is 10.1 Å². The van der Waals surface area contributed by atoms with E-state index in [-0.39, 0.29) is 18.6 Å². The molecule has 4 unspecified atom stereocenters. The Morgan fingerprint density at radius 2 is 2.23 bits per heavy atom. The maximum absolute atomic E-state index is 12.1. The quantitative estimate of drug-likeness (QED) is 0.909. The molecule has 4 heteroatoms. The van der Waals surface area contributed by atoms with Gasteiger partial charge in [0.15, 0.2) is 6.61 Å². The highest BCUT2D eigenvalue weighted by atomic mass is 16.5. The van der Waals surface area contributed by atoms with Gasteiger partial charge in [-0.05, 0) is 56.1 Å². The molecule has 4 nitrogen and oxygen atoms in total. The smallest absolute Gasteiger partial charge is 0.258 e. The van der Waals surface area contributed by atoms with E-state index >= 15 is 0 Å². The molecule has 2 saturated carbocycles. The molecule has 1 amide bonds. The second kappa shape index (κ2) is 6.39. The van der Waals surface area contributed by atoms with Crippen LogP contribution in [0.3, 0.4) is 0 Å². The molecule has 2 fully saturated rings. The largest absolute Gasteiger partial charge is 0.482 e. The second-order valence-electron chi connectivity index (χ2n) is 6.59. The van der Waals surface area contributed by atoms with E-state index in [0.717, 1.165) is 11.8 Å². The number of fused-ring (bicyclic) bond motifs is 2. The first kappa shape index (κ1) is 14.9. The van der Waals surface area contributed by atoms with Crippen LogP contribution in [-0.2, 0) is 4.79 Å². The first-order valence-electron chi connectivity index (χ1n) is 8.08. The van der Waals surface area contributed by atoms with Crippen LogP contribution >= 0.6 is 0 Å². The van der Waals surface area contributed by atoms with Gasteiger partial charge < -0.3 is 10.1 Å². The molecule has 1 aromatic carbocycles. The number of carbonyl (C=O) groups is 1. The van der Waals surface area contributed by atoms with Crippen molar-refractivity contribution in [1.82, 2.24) is 5.32 Å². The predicted octanol–water partition coefficient (Wildman–Crippen LogP) is 2.88. The van der Waals surface area contributed by atoms with Gasteiger partial charge in [0, 0.05) is 6.04 Å². The summed E-state index contributed by atoms with van der Waals surface area (Å²) in [5, 5.41) is 12.1. The van der Waals surface area contributed by atoms with Gasteiger partial charge in [0.1, 0.15) is 11.8 Å². The van der Waals surface area contributed by atoms with E-state index in [2.05, 4.69) is 18.3 Å². The zero-order valence-corrected chi connectivity index (χ0v) is 12.9. The molecule has 2 aliphatic carbocycles. The predicted molar refractivity (Wildman–Crippen MR) is 83.2 cm³/mol. The molecular formula is C18H22N2O2. The number of nitrogens with zero attached hydrogens (tertiary/aromatic N) is 1. The van der Waals surface area contributed by atoms with E-state index in [1.165, 1.54) is 25.7 Å². The standard InChI is InChI=1S/C18H22N2O2/c1-12(16-9-13-6-7-14(16)8-13)20-18(21)11-22-17-5-3-2-4-15(17)10-19/h2-5,12-14,16H,6-9,11H2,1H3,(H,20,21). The zero-order valence-electron chi connectivity index (χ0n) is 12.9. The molecule has 0 saturated heterocycles. The van der Waals surface area contributed by atoms with E-state index in [1.54, 1.807) is 24.3 Å².